The van der Waals surface area contributed by atoms with E-state index in [-0.39, 0.29) is 0 Å². The van der Waals surface area contributed by atoms with Gasteiger partial charge in [0.05, 0.1) is 32.5 Å². The molecular formula is C22H14Cl4N4O2. The van der Waals surface area contributed by atoms with E-state index in [0.29, 0.717) is 42.3 Å². The summed E-state index contributed by atoms with van der Waals surface area (Å²) in [6.07, 6.45) is 2.88. The van der Waals surface area contributed by atoms with Crippen LogP contribution in [0.1, 0.15) is 31.8 Å². The van der Waals surface area contributed by atoms with Crippen LogP contribution in [-0.2, 0) is 0 Å². The number of rotatable bonds is 6. The third kappa shape index (κ3) is 6.55. The van der Waals surface area contributed by atoms with Crippen molar-refractivity contribution in [2.45, 2.75) is 0 Å². The second-order valence-corrected chi connectivity index (χ2v) is 7.95. The van der Waals surface area contributed by atoms with E-state index in [9.17, 15) is 9.59 Å². The Kier molecular flexibility index (Phi) is 8.25. The summed E-state index contributed by atoms with van der Waals surface area (Å²) in [5, 5.41) is 9.40. The molecule has 0 saturated heterocycles. The van der Waals surface area contributed by atoms with Crippen molar-refractivity contribution in [2.24, 2.45) is 10.2 Å². The molecule has 0 fully saturated rings. The predicted molar refractivity (Wildman–Crippen MR) is 129 cm³/mol. The lowest BCUT2D eigenvalue weighted by atomic mass is 10.1. The Morgan fingerprint density at radius 1 is 0.594 bits per heavy atom. The third-order valence-corrected chi connectivity index (χ3v) is 5.53. The molecule has 2 amide bonds. The highest BCUT2D eigenvalue weighted by atomic mass is 35.5. The maximum Gasteiger partial charge on any atom is 0.271 e. The molecule has 162 valence electrons. The molecule has 0 aliphatic carbocycles. The van der Waals surface area contributed by atoms with Crippen LogP contribution in [0.15, 0.2) is 70.9 Å². The minimum atomic E-state index is -0.439. The van der Waals surface area contributed by atoms with Gasteiger partial charge in [0.2, 0.25) is 0 Å². The molecule has 0 aliphatic rings. The summed E-state index contributed by atoms with van der Waals surface area (Å²) in [4.78, 5) is 24.4. The van der Waals surface area contributed by atoms with Crippen LogP contribution in [-0.4, -0.2) is 24.2 Å². The molecule has 0 aliphatic heterocycles. The van der Waals surface area contributed by atoms with Crippen molar-refractivity contribution >= 4 is 70.6 Å². The van der Waals surface area contributed by atoms with Gasteiger partial charge in [0, 0.05) is 11.1 Å². The molecule has 3 aromatic carbocycles. The standard InChI is InChI=1S/C22H14Cl4N4O2/c23-17-7-1-13(9-19(17)25)11-27-29-21(31)15-3-5-16(6-4-15)22(32)30-28-12-14-2-8-18(24)20(26)10-14/h1-12H,(H,29,31)(H,30,32). The molecule has 6 nitrogen and oxygen atoms in total. The highest BCUT2D eigenvalue weighted by Crippen LogP contribution is 2.22. The third-order valence-electron chi connectivity index (χ3n) is 4.06. The monoisotopic (exact) mass is 506 g/mol. The number of benzene rings is 3. The normalized spacial score (nSPS) is 11.1. The zero-order chi connectivity index (χ0) is 23.1. The summed E-state index contributed by atoms with van der Waals surface area (Å²) in [7, 11) is 0. The van der Waals surface area contributed by atoms with Gasteiger partial charge in [-0.15, -0.1) is 0 Å². The fraction of sp³-hybridized carbons (Fsp3) is 0. The SMILES string of the molecule is O=C(NN=Cc1ccc(Cl)c(Cl)c1)c1ccc(C(=O)NN=Cc2ccc(Cl)c(Cl)c2)cc1. The number of nitrogens with one attached hydrogen (secondary N) is 2. The first-order chi connectivity index (χ1) is 15.3. The first-order valence-electron chi connectivity index (χ1n) is 9.00. The van der Waals surface area contributed by atoms with Crippen LogP contribution in [0.4, 0.5) is 0 Å². The van der Waals surface area contributed by atoms with Gasteiger partial charge in [0.15, 0.2) is 0 Å². The number of carbonyl (C=O) groups excluding carboxylic acids is 2. The molecule has 32 heavy (non-hydrogen) atoms. The van der Waals surface area contributed by atoms with Crippen molar-refractivity contribution in [3.63, 3.8) is 0 Å². The molecule has 2 N–H and O–H groups in total. The number of amides is 2. The minimum absolute atomic E-state index is 0.326. The summed E-state index contributed by atoms with van der Waals surface area (Å²) in [6, 6.07) is 15.9. The molecule has 0 heterocycles. The second-order valence-electron chi connectivity index (χ2n) is 6.32. The van der Waals surface area contributed by atoms with Crippen LogP contribution in [0, 0.1) is 0 Å². The van der Waals surface area contributed by atoms with Gasteiger partial charge in [-0.2, -0.15) is 10.2 Å². The van der Waals surface area contributed by atoms with Gasteiger partial charge in [-0.05, 0) is 59.7 Å². The fourth-order valence-corrected chi connectivity index (χ4v) is 3.03. The number of nitrogens with zero attached hydrogens (tertiary/aromatic N) is 2. The summed E-state index contributed by atoms with van der Waals surface area (Å²) < 4.78 is 0. The summed E-state index contributed by atoms with van der Waals surface area (Å²) >= 11 is 23.6. The van der Waals surface area contributed by atoms with Crippen LogP contribution in [0.5, 0.6) is 0 Å². The zero-order valence-electron chi connectivity index (χ0n) is 16.2. The van der Waals surface area contributed by atoms with E-state index in [2.05, 4.69) is 21.1 Å². The molecular weight excluding hydrogens is 494 g/mol. The Morgan fingerprint density at radius 3 is 1.31 bits per heavy atom. The molecule has 3 aromatic rings. The number of halogens is 4. The Balaban J connectivity index is 1.55. The number of carbonyl (C=O) groups is 2. The summed E-state index contributed by atoms with van der Waals surface area (Å²) in [5.74, 6) is -0.878. The minimum Gasteiger partial charge on any atom is -0.267 e. The van der Waals surface area contributed by atoms with Crippen LogP contribution in [0.25, 0.3) is 0 Å². The van der Waals surface area contributed by atoms with Crippen molar-refractivity contribution in [2.75, 3.05) is 0 Å². The first kappa shape index (κ1) is 23.8. The molecule has 0 aromatic heterocycles. The van der Waals surface area contributed by atoms with E-state index in [1.807, 2.05) is 0 Å². The van der Waals surface area contributed by atoms with Gasteiger partial charge in [-0.25, -0.2) is 10.9 Å². The lowest BCUT2D eigenvalue weighted by Crippen LogP contribution is -2.19. The van der Waals surface area contributed by atoms with Gasteiger partial charge >= 0.3 is 0 Å². The van der Waals surface area contributed by atoms with Gasteiger partial charge in [0.25, 0.3) is 11.8 Å². The Bertz CT molecular complexity index is 1120. The molecule has 0 spiro atoms. The van der Waals surface area contributed by atoms with Crippen molar-refractivity contribution in [1.29, 1.82) is 0 Å². The van der Waals surface area contributed by atoms with E-state index < -0.39 is 11.8 Å². The quantitative estimate of drug-likeness (QED) is 0.325. The Morgan fingerprint density at radius 2 is 0.969 bits per heavy atom. The zero-order valence-corrected chi connectivity index (χ0v) is 19.2. The van der Waals surface area contributed by atoms with E-state index in [1.54, 1.807) is 36.4 Å². The maximum absolute atomic E-state index is 12.2. The number of hydrogen-bond acceptors (Lipinski definition) is 4. The van der Waals surface area contributed by atoms with Crippen LogP contribution < -0.4 is 10.9 Å². The molecule has 10 heteroatoms. The van der Waals surface area contributed by atoms with E-state index in [4.69, 9.17) is 46.4 Å². The molecule has 3 rings (SSSR count). The van der Waals surface area contributed by atoms with E-state index in [1.165, 1.54) is 36.7 Å². The van der Waals surface area contributed by atoms with Gasteiger partial charge in [0.1, 0.15) is 0 Å². The second kappa shape index (κ2) is 11.1. The van der Waals surface area contributed by atoms with Crippen molar-refractivity contribution in [3.05, 3.63) is 103 Å². The van der Waals surface area contributed by atoms with Gasteiger partial charge in [-0.1, -0.05) is 58.5 Å². The highest BCUT2D eigenvalue weighted by Gasteiger charge is 2.08. The lowest BCUT2D eigenvalue weighted by Gasteiger charge is -2.03. The molecule has 0 radical (unpaired) electrons. The molecule has 0 bridgehead atoms. The smallest absolute Gasteiger partial charge is 0.267 e. The summed E-state index contributed by atoms with van der Waals surface area (Å²) in [6.45, 7) is 0. The maximum atomic E-state index is 12.2. The van der Waals surface area contributed by atoms with Crippen molar-refractivity contribution in [3.8, 4) is 0 Å². The molecule has 0 atom stereocenters. The fourth-order valence-electron chi connectivity index (χ4n) is 2.42. The first-order valence-corrected chi connectivity index (χ1v) is 10.5. The van der Waals surface area contributed by atoms with E-state index >= 15 is 0 Å². The number of hydrazone groups is 2. The van der Waals surface area contributed by atoms with Crippen molar-refractivity contribution < 1.29 is 9.59 Å². The average molecular weight is 508 g/mol. The summed E-state index contributed by atoms with van der Waals surface area (Å²) in [5.41, 5.74) is 6.80. The largest absolute Gasteiger partial charge is 0.271 e. The van der Waals surface area contributed by atoms with Crippen LogP contribution >= 0.6 is 46.4 Å². The van der Waals surface area contributed by atoms with Gasteiger partial charge in [-0.3, -0.25) is 9.59 Å². The lowest BCUT2D eigenvalue weighted by molar-refractivity contribution is 0.0943. The predicted octanol–water partition coefficient (Wildman–Crippen LogP) is 5.83. The average Bonchev–Trinajstić information content (AvgIpc) is 2.78. The van der Waals surface area contributed by atoms with Crippen LogP contribution in [0.3, 0.4) is 0 Å². The van der Waals surface area contributed by atoms with Crippen LogP contribution in [0.2, 0.25) is 20.1 Å². The number of hydrogen-bond donors (Lipinski definition) is 2. The van der Waals surface area contributed by atoms with Gasteiger partial charge < -0.3 is 0 Å². The Hall–Kier alpha value is -2.90. The Labute approximate surface area is 203 Å². The van der Waals surface area contributed by atoms with Crippen molar-refractivity contribution in [1.82, 2.24) is 10.9 Å². The molecule has 0 unspecified atom stereocenters. The van der Waals surface area contributed by atoms with E-state index in [0.717, 1.165) is 0 Å². The highest BCUT2D eigenvalue weighted by molar-refractivity contribution is 6.42. The molecule has 0 saturated carbocycles. The topological polar surface area (TPSA) is 82.9 Å².